The highest BCUT2D eigenvalue weighted by Crippen LogP contribution is 2.23. The zero-order valence-corrected chi connectivity index (χ0v) is 21.4. The van der Waals surface area contributed by atoms with E-state index in [1.165, 1.54) is 91.0 Å². The standard InChI is InChI=1S/C22H21NO11S3/c24-23(25)22(16-32-35(26,27)19-10-4-1-5-11-19,17-33-36(28,29)20-12-6-2-7-13-20)18-34-37(30,31)21-14-8-3-9-15-21/h1-15H,16-18H2. The fourth-order valence-electron chi connectivity index (χ4n) is 2.81. The van der Waals surface area contributed by atoms with Gasteiger partial charge in [-0.2, -0.15) is 25.3 Å². The lowest BCUT2D eigenvalue weighted by Gasteiger charge is -2.24. The Morgan fingerprint density at radius 2 is 0.784 bits per heavy atom. The monoisotopic (exact) mass is 571 g/mol. The van der Waals surface area contributed by atoms with Crippen molar-refractivity contribution in [2.24, 2.45) is 0 Å². The lowest BCUT2D eigenvalue weighted by Crippen LogP contribution is -2.52. The number of hydrogen-bond donors (Lipinski definition) is 0. The van der Waals surface area contributed by atoms with Crippen molar-refractivity contribution in [3.8, 4) is 0 Å². The van der Waals surface area contributed by atoms with E-state index in [1.807, 2.05) is 0 Å². The Hall–Kier alpha value is -3.21. The molecule has 0 N–H and O–H groups in total. The van der Waals surface area contributed by atoms with Crippen LogP contribution in [0.15, 0.2) is 106 Å². The number of benzene rings is 3. The molecule has 0 aliphatic heterocycles. The number of hydrogen-bond acceptors (Lipinski definition) is 11. The molecule has 0 atom stereocenters. The summed E-state index contributed by atoms with van der Waals surface area (Å²) in [5.74, 6) is 0. The van der Waals surface area contributed by atoms with Gasteiger partial charge in [0.15, 0.2) is 0 Å². The molecule has 0 bridgehead atoms. The smallest absolute Gasteiger partial charge is 0.264 e. The molecular weight excluding hydrogens is 550 g/mol. The van der Waals surface area contributed by atoms with E-state index in [0.29, 0.717) is 0 Å². The molecule has 0 radical (unpaired) electrons. The largest absolute Gasteiger partial charge is 0.297 e. The molecule has 0 aliphatic carbocycles. The molecule has 0 saturated carbocycles. The van der Waals surface area contributed by atoms with Crippen LogP contribution in [0, 0.1) is 10.1 Å². The Kier molecular flexibility index (Phi) is 8.78. The van der Waals surface area contributed by atoms with E-state index in [0.717, 1.165) is 0 Å². The second-order valence-corrected chi connectivity index (χ2v) is 12.4. The van der Waals surface area contributed by atoms with Crippen LogP contribution < -0.4 is 0 Å². The van der Waals surface area contributed by atoms with Crippen LogP contribution in [-0.2, 0) is 42.9 Å². The maximum Gasteiger partial charge on any atom is 0.297 e. The summed E-state index contributed by atoms with van der Waals surface area (Å²) in [5, 5.41) is 12.2. The second-order valence-electron chi connectivity index (χ2n) is 7.57. The predicted molar refractivity (Wildman–Crippen MR) is 128 cm³/mol. The molecule has 0 saturated heterocycles. The van der Waals surface area contributed by atoms with Gasteiger partial charge in [0.25, 0.3) is 35.9 Å². The van der Waals surface area contributed by atoms with Crippen molar-refractivity contribution in [1.82, 2.24) is 0 Å². The topological polar surface area (TPSA) is 173 Å². The van der Waals surface area contributed by atoms with Gasteiger partial charge in [-0.05, 0) is 36.4 Å². The maximum absolute atomic E-state index is 12.6. The van der Waals surface area contributed by atoms with Gasteiger partial charge in [0, 0.05) is 4.92 Å². The van der Waals surface area contributed by atoms with Crippen LogP contribution in [0.3, 0.4) is 0 Å². The molecule has 0 amide bonds. The normalized spacial score (nSPS) is 12.8. The van der Waals surface area contributed by atoms with E-state index >= 15 is 0 Å². The summed E-state index contributed by atoms with van der Waals surface area (Å²) in [5.41, 5.74) is -2.77. The quantitative estimate of drug-likeness (QED) is 0.167. The summed E-state index contributed by atoms with van der Waals surface area (Å²) in [4.78, 5) is 10.1. The third kappa shape index (κ3) is 7.18. The van der Waals surface area contributed by atoms with E-state index in [2.05, 4.69) is 0 Å². The second kappa shape index (κ2) is 11.5. The molecule has 198 valence electrons. The first-order valence-electron chi connectivity index (χ1n) is 10.4. The lowest BCUT2D eigenvalue weighted by atomic mass is 10.1. The molecule has 3 aromatic carbocycles. The van der Waals surface area contributed by atoms with Crippen molar-refractivity contribution >= 4 is 30.4 Å². The first-order valence-corrected chi connectivity index (χ1v) is 14.6. The molecule has 0 fully saturated rings. The van der Waals surface area contributed by atoms with E-state index in [1.54, 1.807) is 0 Å². The predicted octanol–water partition coefficient (Wildman–Crippen LogP) is 2.22. The SMILES string of the molecule is O=[N+]([O-])C(COS(=O)(=O)c1ccccc1)(COS(=O)(=O)c1ccccc1)COS(=O)(=O)c1ccccc1. The van der Waals surface area contributed by atoms with E-state index < -0.39 is 60.6 Å². The van der Waals surface area contributed by atoms with Crippen molar-refractivity contribution in [3.05, 3.63) is 101 Å². The first kappa shape index (κ1) is 28.4. The highest BCUT2D eigenvalue weighted by molar-refractivity contribution is 7.87. The maximum atomic E-state index is 12.6. The number of nitrogens with zero attached hydrogens (tertiary/aromatic N) is 1. The zero-order valence-electron chi connectivity index (χ0n) is 18.9. The molecule has 0 heterocycles. The Morgan fingerprint density at radius 1 is 0.541 bits per heavy atom. The molecule has 15 heteroatoms. The highest BCUT2D eigenvalue weighted by atomic mass is 32.2. The summed E-state index contributed by atoms with van der Waals surface area (Å²) in [7, 11) is -13.7. The number of rotatable bonds is 13. The van der Waals surface area contributed by atoms with Gasteiger partial charge in [0.05, 0.1) is 14.7 Å². The fourth-order valence-corrected chi connectivity index (χ4v) is 5.81. The van der Waals surface area contributed by atoms with E-state index in [-0.39, 0.29) is 14.7 Å². The minimum atomic E-state index is -4.55. The van der Waals surface area contributed by atoms with Gasteiger partial charge < -0.3 is 0 Å². The van der Waals surface area contributed by atoms with Crippen LogP contribution in [0.1, 0.15) is 0 Å². The van der Waals surface area contributed by atoms with E-state index in [9.17, 15) is 35.4 Å². The van der Waals surface area contributed by atoms with Gasteiger partial charge in [-0.3, -0.25) is 22.7 Å². The zero-order chi connectivity index (χ0) is 27.2. The summed E-state index contributed by atoms with van der Waals surface area (Å²) < 4.78 is 90.1. The molecule has 0 unspecified atom stereocenters. The number of nitro groups is 1. The van der Waals surface area contributed by atoms with Crippen molar-refractivity contribution < 1.29 is 42.7 Å². The Balaban J connectivity index is 1.92. The van der Waals surface area contributed by atoms with Gasteiger partial charge in [-0.1, -0.05) is 54.6 Å². The first-order chi connectivity index (χ1) is 17.4. The lowest BCUT2D eigenvalue weighted by molar-refractivity contribution is -0.577. The van der Waals surface area contributed by atoms with Gasteiger partial charge in [0.2, 0.25) is 0 Å². The highest BCUT2D eigenvalue weighted by Gasteiger charge is 2.49. The van der Waals surface area contributed by atoms with Gasteiger partial charge >= 0.3 is 0 Å². The van der Waals surface area contributed by atoms with Crippen LogP contribution in [-0.4, -0.2) is 55.5 Å². The van der Waals surface area contributed by atoms with Crippen molar-refractivity contribution in [1.29, 1.82) is 0 Å². The molecule has 3 aromatic rings. The summed E-state index contributed by atoms with van der Waals surface area (Å²) in [6, 6.07) is 20.0. The summed E-state index contributed by atoms with van der Waals surface area (Å²) in [6.45, 7) is -3.90. The van der Waals surface area contributed by atoms with Crippen molar-refractivity contribution in [2.75, 3.05) is 19.8 Å². The van der Waals surface area contributed by atoms with Crippen molar-refractivity contribution in [3.63, 3.8) is 0 Å². The van der Waals surface area contributed by atoms with Crippen LogP contribution >= 0.6 is 0 Å². The van der Waals surface area contributed by atoms with Crippen LogP contribution in [0.4, 0.5) is 0 Å². The third-order valence-corrected chi connectivity index (χ3v) is 8.76. The summed E-state index contributed by atoms with van der Waals surface area (Å²) >= 11 is 0. The minimum Gasteiger partial charge on any atom is -0.264 e. The summed E-state index contributed by atoms with van der Waals surface area (Å²) in [6.07, 6.45) is 0. The average molecular weight is 572 g/mol. The van der Waals surface area contributed by atoms with Gasteiger partial charge in [0.1, 0.15) is 19.8 Å². The van der Waals surface area contributed by atoms with Crippen LogP contribution in [0.2, 0.25) is 0 Å². The van der Waals surface area contributed by atoms with Gasteiger partial charge in [-0.25, -0.2) is 0 Å². The Bertz CT molecular complexity index is 1350. The molecule has 12 nitrogen and oxygen atoms in total. The third-order valence-electron chi connectivity index (χ3n) is 4.93. The van der Waals surface area contributed by atoms with E-state index in [4.69, 9.17) is 12.5 Å². The Labute approximate surface area is 214 Å². The van der Waals surface area contributed by atoms with Gasteiger partial charge in [-0.15, -0.1) is 0 Å². The average Bonchev–Trinajstić information content (AvgIpc) is 2.90. The fraction of sp³-hybridized carbons (Fsp3) is 0.182. The minimum absolute atomic E-state index is 0.331. The molecular formula is C22H21NO11S3. The van der Waals surface area contributed by atoms with Crippen LogP contribution in [0.25, 0.3) is 0 Å². The molecule has 0 aromatic heterocycles. The Morgan fingerprint density at radius 3 is 1.00 bits per heavy atom. The van der Waals surface area contributed by atoms with Crippen molar-refractivity contribution in [2.45, 2.75) is 20.2 Å². The molecule has 0 aliphatic rings. The molecule has 3 rings (SSSR count). The molecule has 0 spiro atoms. The van der Waals surface area contributed by atoms with Crippen LogP contribution in [0.5, 0.6) is 0 Å². The molecule has 37 heavy (non-hydrogen) atoms.